The van der Waals surface area contributed by atoms with Gasteiger partial charge in [0, 0.05) is 12.8 Å². The van der Waals surface area contributed by atoms with Crippen LogP contribution in [0, 0.1) is 0 Å². The van der Waals surface area contributed by atoms with Gasteiger partial charge in [0.2, 0.25) is 0 Å². The summed E-state index contributed by atoms with van der Waals surface area (Å²) in [6, 6.07) is 0. The standard InChI is InChI=1S/C47H74O10/c1-3-5-7-9-11-13-15-17-18-19-20-21-22-24-25-27-29-31-33-35-42(49)54-38-40(39-55-47-46(53)45(52)44(51)41(37-48)57-47)56-43(50)36-34-32-30-28-26-23-16-14-12-10-8-6-4-2/h5-8,10-14,16-18,20-21,24-25,40-41,44-48,51-53H,3-4,9,15,19,22-23,26-39H2,1-2H3/b7-5+,8-6+,12-10+,13-11+,16-14+,18-17+,21-20+,25-24+/t40?,41-,44+,45?,46?,47-/m0/s1. The Morgan fingerprint density at radius 2 is 1.07 bits per heavy atom. The molecule has 1 saturated heterocycles. The van der Waals surface area contributed by atoms with Crippen molar-refractivity contribution < 1.29 is 49.0 Å². The van der Waals surface area contributed by atoms with Gasteiger partial charge in [0.25, 0.3) is 0 Å². The maximum Gasteiger partial charge on any atom is 0.306 e. The summed E-state index contributed by atoms with van der Waals surface area (Å²) in [6.45, 7) is 3.09. The molecule has 10 heteroatoms. The highest BCUT2D eigenvalue weighted by Crippen LogP contribution is 2.22. The zero-order valence-corrected chi connectivity index (χ0v) is 34.8. The first-order valence-corrected chi connectivity index (χ1v) is 21.3. The molecule has 322 valence electrons. The van der Waals surface area contributed by atoms with Gasteiger partial charge >= 0.3 is 11.9 Å². The van der Waals surface area contributed by atoms with Crippen molar-refractivity contribution in [3.05, 3.63) is 97.2 Å². The molecule has 0 aromatic heterocycles. The topological polar surface area (TPSA) is 152 Å². The molecule has 3 unspecified atom stereocenters. The Bertz CT molecular complexity index is 1240. The SMILES string of the molecule is CC/C=C/C=C/C=C/CCCCCCCC(=O)OC(COC(=O)CCCCC/C=C/C/C=C/C/C=C/C/C=C/C/C=C/CC)CO[C@H]1O[C@@H](CO)[C@@H](O)C(O)C1O. The van der Waals surface area contributed by atoms with Crippen molar-refractivity contribution in [2.24, 2.45) is 0 Å². The van der Waals surface area contributed by atoms with Crippen LogP contribution >= 0.6 is 0 Å². The molecule has 1 rings (SSSR count). The van der Waals surface area contributed by atoms with Gasteiger partial charge in [-0.2, -0.15) is 0 Å². The lowest BCUT2D eigenvalue weighted by Gasteiger charge is -2.39. The number of aliphatic hydroxyl groups is 4. The molecule has 0 aliphatic carbocycles. The molecule has 1 fully saturated rings. The summed E-state index contributed by atoms with van der Waals surface area (Å²) in [7, 11) is 0. The van der Waals surface area contributed by atoms with Crippen molar-refractivity contribution in [2.75, 3.05) is 19.8 Å². The van der Waals surface area contributed by atoms with Crippen LogP contribution in [-0.4, -0.2) is 89.0 Å². The molecule has 1 aliphatic rings. The van der Waals surface area contributed by atoms with Gasteiger partial charge in [0.15, 0.2) is 12.4 Å². The largest absolute Gasteiger partial charge is 0.462 e. The second-order valence-corrected chi connectivity index (χ2v) is 14.1. The average Bonchev–Trinajstić information content (AvgIpc) is 3.21. The van der Waals surface area contributed by atoms with Crippen molar-refractivity contribution >= 4 is 11.9 Å². The lowest BCUT2D eigenvalue weighted by atomic mass is 9.99. The molecule has 1 aliphatic heterocycles. The summed E-state index contributed by atoms with van der Waals surface area (Å²) in [4.78, 5) is 25.3. The van der Waals surface area contributed by atoms with E-state index in [4.69, 9.17) is 18.9 Å². The molecule has 0 spiro atoms. The Labute approximate surface area is 343 Å². The molecule has 57 heavy (non-hydrogen) atoms. The molecule has 0 aromatic carbocycles. The number of hydrogen-bond donors (Lipinski definition) is 4. The van der Waals surface area contributed by atoms with Crippen LogP contribution in [-0.2, 0) is 28.5 Å². The minimum Gasteiger partial charge on any atom is -0.462 e. The van der Waals surface area contributed by atoms with E-state index in [1.165, 1.54) is 0 Å². The fraction of sp³-hybridized carbons (Fsp3) is 0.617. The Hall–Kier alpha value is -3.38. The number of esters is 2. The number of ether oxygens (including phenoxy) is 4. The van der Waals surface area contributed by atoms with Crippen molar-refractivity contribution in [3.63, 3.8) is 0 Å². The molecule has 1 heterocycles. The van der Waals surface area contributed by atoms with Crippen LogP contribution < -0.4 is 0 Å². The Morgan fingerprint density at radius 3 is 1.68 bits per heavy atom. The fourth-order valence-electron chi connectivity index (χ4n) is 5.68. The highest BCUT2D eigenvalue weighted by molar-refractivity contribution is 5.70. The molecular weight excluding hydrogens is 725 g/mol. The summed E-state index contributed by atoms with van der Waals surface area (Å²) in [5.74, 6) is -0.881. The quantitative estimate of drug-likeness (QED) is 0.0220. The number of hydrogen-bond acceptors (Lipinski definition) is 10. The summed E-state index contributed by atoms with van der Waals surface area (Å²) in [5, 5.41) is 40.0. The third-order valence-electron chi connectivity index (χ3n) is 9.03. The minimum absolute atomic E-state index is 0.193. The average molecular weight is 799 g/mol. The summed E-state index contributed by atoms with van der Waals surface area (Å²) < 4.78 is 22.1. The van der Waals surface area contributed by atoms with Gasteiger partial charge in [0.05, 0.1) is 13.2 Å². The van der Waals surface area contributed by atoms with Crippen LogP contribution in [0.25, 0.3) is 0 Å². The molecule has 0 aromatic rings. The normalized spacial score (nSPS) is 21.3. The van der Waals surface area contributed by atoms with E-state index in [9.17, 15) is 30.0 Å². The van der Waals surface area contributed by atoms with E-state index in [1.54, 1.807) is 0 Å². The highest BCUT2D eigenvalue weighted by atomic mass is 16.7. The molecule has 0 bridgehead atoms. The van der Waals surface area contributed by atoms with Crippen LogP contribution in [0.1, 0.15) is 129 Å². The predicted octanol–water partition coefficient (Wildman–Crippen LogP) is 8.77. The number of carbonyl (C=O) groups is 2. The van der Waals surface area contributed by atoms with Crippen molar-refractivity contribution in [1.29, 1.82) is 0 Å². The van der Waals surface area contributed by atoms with E-state index in [1.807, 2.05) is 18.2 Å². The second kappa shape index (κ2) is 36.9. The van der Waals surface area contributed by atoms with Crippen LogP contribution in [0.15, 0.2) is 97.2 Å². The van der Waals surface area contributed by atoms with Gasteiger partial charge in [0.1, 0.15) is 31.0 Å². The number of aliphatic hydroxyl groups excluding tert-OH is 4. The number of carbonyl (C=O) groups excluding carboxylic acids is 2. The maximum atomic E-state index is 12.7. The second-order valence-electron chi connectivity index (χ2n) is 14.1. The Morgan fingerprint density at radius 1 is 0.561 bits per heavy atom. The van der Waals surface area contributed by atoms with Crippen molar-refractivity contribution in [3.8, 4) is 0 Å². The summed E-state index contributed by atoms with van der Waals surface area (Å²) >= 11 is 0. The van der Waals surface area contributed by atoms with Gasteiger partial charge in [-0.05, 0) is 77.0 Å². The first-order chi connectivity index (χ1) is 27.8. The predicted molar refractivity (Wildman–Crippen MR) is 228 cm³/mol. The van der Waals surface area contributed by atoms with Gasteiger partial charge in [-0.15, -0.1) is 0 Å². The maximum absolute atomic E-state index is 12.7. The third kappa shape index (κ3) is 28.6. The summed E-state index contributed by atoms with van der Waals surface area (Å²) in [5.41, 5.74) is 0. The summed E-state index contributed by atoms with van der Waals surface area (Å²) in [6.07, 6.45) is 41.3. The van der Waals surface area contributed by atoms with Crippen molar-refractivity contribution in [1.82, 2.24) is 0 Å². The van der Waals surface area contributed by atoms with Gasteiger partial charge in [-0.1, -0.05) is 137 Å². The van der Waals surface area contributed by atoms with Crippen LogP contribution in [0.4, 0.5) is 0 Å². The zero-order valence-electron chi connectivity index (χ0n) is 34.8. The molecule has 0 amide bonds. The zero-order chi connectivity index (χ0) is 41.6. The number of rotatable bonds is 33. The van der Waals surface area contributed by atoms with Crippen LogP contribution in [0.5, 0.6) is 0 Å². The van der Waals surface area contributed by atoms with E-state index in [0.29, 0.717) is 12.8 Å². The van der Waals surface area contributed by atoms with E-state index in [-0.39, 0.29) is 26.1 Å². The highest BCUT2D eigenvalue weighted by Gasteiger charge is 2.44. The lowest BCUT2D eigenvalue weighted by Crippen LogP contribution is -2.59. The van der Waals surface area contributed by atoms with E-state index in [2.05, 4.69) is 92.8 Å². The minimum atomic E-state index is -1.61. The van der Waals surface area contributed by atoms with Crippen molar-refractivity contribution in [2.45, 2.75) is 166 Å². The van der Waals surface area contributed by atoms with E-state index in [0.717, 1.165) is 89.9 Å². The van der Waals surface area contributed by atoms with Gasteiger partial charge < -0.3 is 39.4 Å². The molecule has 0 saturated carbocycles. The smallest absolute Gasteiger partial charge is 0.306 e. The number of unbranched alkanes of at least 4 members (excludes halogenated alkanes) is 8. The Balaban J connectivity index is 2.39. The lowest BCUT2D eigenvalue weighted by molar-refractivity contribution is -0.305. The first-order valence-electron chi connectivity index (χ1n) is 21.3. The fourth-order valence-corrected chi connectivity index (χ4v) is 5.68. The number of allylic oxidation sites excluding steroid dienone is 16. The van der Waals surface area contributed by atoms with Crippen LogP contribution in [0.3, 0.4) is 0 Å². The first kappa shape index (κ1) is 51.6. The molecule has 0 radical (unpaired) electrons. The monoisotopic (exact) mass is 799 g/mol. The van der Waals surface area contributed by atoms with Gasteiger partial charge in [-0.25, -0.2) is 0 Å². The molecular formula is C47H74O10. The van der Waals surface area contributed by atoms with Crippen LogP contribution in [0.2, 0.25) is 0 Å². The molecule has 10 nitrogen and oxygen atoms in total. The van der Waals surface area contributed by atoms with Gasteiger partial charge in [-0.3, -0.25) is 9.59 Å². The van der Waals surface area contributed by atoms with E-state index < -0.39 is 55.4 Å². The third-order valence-corrected chi connectivity index (χ3v) is 9.03. The Kier molecular flexibility index (Phi) is 33.5. The molecule has 6 atom stereocenters. The molecule has 4 N–H and O–H groups in total. The van der Waals surface area contributed by atoms with E-state index >= 15 is 0 Å².